The van der Waals surface area contributed by atoms with Crippen molar-refractivity contribution in [3.05, 3.63) is 52.0 Å². The van der Waals surface area contributed by atoms with Crippen molar-refractivity contribution in [2.45, 2.75) is 6.92 Å². The van der Waals surface area contributed by atoms with Gasteiger partial charge in [-0.15, -0.1) is 0 Å². The highest BCUT2D eigenvalue weighted by Crippen LogP contribution is 2.32. The van der Waals surface area contributed by atoms with E-state index in [1.165, 1.54) is 23.5 Å². The summed E-state index contributed by atoms with van der Waals surface area (Å²) in [5.41, 5.74) is 1.00. The molecule has 0 atom stereocenters. The Morgan fingerprint density at radius 1 is 1.20 bits per heavy atom. The van der Waals surface area contributed by atoms with Gasteiger partial charge in [0.05, 0.1) is 10.2 Å². The van der Waals surface area contributed by atoms with E-state index in [0.29, 0.717) is 10.7 Å². The van der Waals surface area contributed by atoms with Gasteiger partial charge in [0.25, 0.3) is 0 Å². The molecule has 2 aromatic carbocycles. The Morgan fingerprint density at radius 2 is 2.00 bits per heavy atom. The Bertz CT molecular complexity index is 801. The van der Waals surface area contributed by atoms with Gasteiger partial charge in [-0.25, -0.2) is 13.8 Å². The van der Waals surface area contributed by atoms with Gasteiger partial charge in [0, 0.05) is 4.47 Å². The SMILES string of the molecule is Cc1ccc(F)c(Nc2nc3cc(Br)ccc3s2)c1F. The number of rotatable bonds is 2. The lowest BCUT2D eigenvalue weighted by Gasteiger charge is -2.07. The second-order valence-electron chi connectivity index (χ2n) is 4.31. The predicted molar refractivity (Wildman–Crippen MR) is 81.7 cm³/mol. The zero-order valence-corrected chi connectivity index (χ0v) is 12.8. The lowest BCUT2D eigenvalue weighted by Crippen LogP contribution is -1.98. The number of aromatic nitrogens is 1. The number of nitrogens with zero attached hydrogens (tertiary/aromatic N) is 1. The topological polar surface area (TPSA) is 24.9 Å². The van der Waals surface area contributed by atoms with Crippen LogP contribution in [0.5, 0.6) is 0 Å². The number of hydrogen-bond acceptors (Lipinski definition) is 3. The average molecular weight is 355 g/mol. The van der Waals surface area contributed by atoms with Crippen molar-refractivity contribution in [3.8, 4) is 0 Å². The molecule has 1 heterocycles. The number of benzene rings is 2. The van der Waals surface area contributed by atoms with Crippen LogP contribution in [0.3, 0.4) is 0 Å². The molecule has 0 amide bonds. The third kappa shape index (κ3) is 2.41. The predicted octanol–water partition coefficient (Wildman–Crippen LogP) is 5.39. The van der Waals surface area contributed by atoms with E-state index in [2.05, 4.69) is 26.2 Å². The third-order valence-corrected chi connectivity index (χ3v) is 4.31. The van der Waals surface area contributed by atoms with Gasteiger partial charge in [0.2, 0.25) is 0 Å². The molecular weight excluding hydrogens is 346 g/mol. The lowest BCUT2D eigenvalue weighted by molar-refractivity contribution is 0.585. The molecule has 0 saturated heterocycles. The lowest BCUT2D eigenvalue weighted by atomic mass is 10.2. The molecule has 20 heavy (non-hydrogen) atoms. The van der Waals surface area contributed by atoms with Crippen molar-refractivity contribution >= 4 is 48.3 Å². The van der Waals surface area contributed by atoms with Gasteiger partial charge in [0.1, 0.15) is 11.5 Å². The van der Waals surface area contributed by atoms with Crippen LogP contribution in [-0.2, 0) is 0 Å². The fourth-order valence-electron chi connectivity index (χ4n) is 1.83. The molecule has 0 unspecified atom stereocenters. The Kier molecular flexibility index (Phi) is 3.43. The molecule has 3 aromatic rings. The molecule has 0 spiro atoms. The van der Waals surface area contributed by atoms with Crippen LogP contribution in [0, 0.1) is 18.6 Å². The molecule has 0 aliphatic rings. The highest BCUT2D eigenvalue weighted by Gasteiger charge is 2.13. The molecule has 1 aromatic heterocycles. The summed E-state index contributed by atoms with van der Waals surface area (Å²) in [7, 11) is 0. The first-order valence-corrected chi connectivity index (χ1v) is 7.43. The van der Waals surface area contributed by atoms with E-state index in [1.807, 2.05) is 18.2 Å². The Morgan fingerprint density at radius 3 is 2.80 bits per heavy atom. The van der Waals surface area contributed by atoms with Crippen LogP contribution in [0.15, 0.2) is 34.8 Å². The van der Waals surface area contributed by atoms with Gasteiger partial charge >= 0.3 is 0 Å². The first kappa shape index (κ1) is 13.5. The maximum Gasteiger partial charge on any atom is 0.188 e. The van der Waals surface area contributed by atoms with Gasteiger partial charge in [-0.3, -0.25) is 0 Å². The maximum absolute atomic E-state index is 13.9. The fourth-order valence-corrected chi connectivity index (χ4v) is 3.03. The van der Waals surface area contributed by atoms with Crippen LogP contribution in [-0.4, -0.2) is 4.98 Å². The number of hydrogen-bond donors (Lipinski definition) is 1. The minimum Gasteiger partial charge on any atom is -0.327 e. The molecule has 0 aliphatic carbocycles. The molecular formula is C14H9BrF2N2S. The van der Waals surface area contributed by atoms with Crippen molar-refractivity contribution in [3.63, 3.8) is 0 Å². The summed E-state index contributed by atoms with van der Waals surface area (Å²) in [6.07, 6.45) is 0. The van der Waals surface area contributed by atoms with E-state index in [0.717, 1.165) is 14.7 Å². The molecule has 2 nitrogen and oxygen atoms in total. The van der Waals surface area contributed by atoms with Crippen LogP contribution in [0.4, 0.5) is 19.6 Å². The van der Waals surface area contributed by atoms with Crippen LogP contribution in [0.2, 0.25) is 0 Å². The normalized spacial score (nSPS) is 11.0. The van der Waals surface area contributed by atoms with Gasteiger partial charge < -0.3 is 5.32 Å². The monoisotopic (exact) mass is 354 g/mol. The van der Waals surface area contributed by atoms with E-state index < -0.39 is 11.6 Å². The summed E-state index contributed by atoms with van der Waals surface area (Å²) < 4.78 is 29.5. The van der Waals surface area contributed by atoms with Crippen molar-refractivity contribution < 1.29 is 8.78 Å². The maximum atomic E-state index is 13.9. The summed E-state index contributed by atoms with van der Waals surface area (Å²) in [6, 6.07) is 8.32. The zero-order chi connectivity index (χ0) is 14.3. The van der Waals surface area contributed by atoms with Crippen molar-refractivity contribution in [1.29, 1.82) is 0 Å². The summed E-state index contributed by atoms with van der Waals surface area (Å²) in [6.45, 7) is 1.59. The van der Waals surface area contributed by atoms with Gasteiger partial charge in [-0.1, -0.05) is 33.3 Å². The van der Waals surface area contributed by atoms with Crippen LogP contribution >= 0.6 is 27.3 Å². The van der Waals surface area contributed by atoms with E-state index in [-0.39, 0.29) is 5.69 Å². The molecule has 0 fully saturated rings. The van der Waals surface area contributed by atoms with E-state index in [4.69, 9.17) is 0 Å². The van der Waals surface area contributed by atoms with Crippen LogP contribution in [0.1, 0.15) is 5.56 Å². The molecule has 1 N–H and O–H groups in total. The first-order valence-electron chi connectivity index (χ1n) is 5.82. The highest BCUT2D eigenvalue weighted by molar-refractivity contribution is 9.10. The van der Waals surface area contributed by atoms with Crippen molar-refractivity contribution in [2.24, 2.45) is 0 Å². The largest absolute Gasteiger partial charge is 0.327 e. The Balaban J connectivity index is 2.03. The average Bonchev–Trinajstić information content (AvgIpc) is 2.81. The van der Waals surface area contributed by atoms with Crippen molar-refractivity contribution in [2.75, 3.05) is 5.32 Å². The molecule has 6 heteroatoms. The standard InChI is InChI=1S/C14H9BrF2N2S/c1-7-2-4-9(16)13(12(7)17)19-14-18-10-6-8(15)3-5-11(10)20-14/h2-6H,1H3,(H,18,19). The number of thiazole rings is 1. The van der Waals surface area contributed by atoms with Gasteiger partial charge in [-0.05, 0) is 36.8 Å². The molecule has 0 saturated carbocycles. The summed E-state index contributed by atoms with van der Waals surface area (Å²) >= 11 is 4.71. The summed E-state index contributed by atoms with van der Waals surface area (Å²) in [4.78, 5) is 4.32. The second-order valence-corrected chi connectivity index (χ2v) is 6.26. The first-order chi connectivity index (χ1) is 9.54. The van der Waals surface area contributed by atoms with Crippen molar-refractivity contribution in [1.82, 2.24) is 4.98 Å². The Labute approximate surface area is 126 Å². The summed E-state index contributed by atoms with van der Waals surface area (Å²) in [5.74, 6) is -1.22. The van der Waals surface area contributed by atoms with Crippen LogP contribution < -0.4 is 5.32 Å². The molecule has 102 valence electrons. The molecule has 0 aliphatic heterocycles. The second kappa shape index (κ2) is 5.10. The highest BCUT2D eigenvalue weighted by atomic mass is 79.9. The van der Waals surface area contributed by atoms with Gasteiger partial charge in [0.15, 0.2) is 10.9 Å². The van der Waals surface area contributed by atoms with Gasteiger partial charge in [-0.2, -0.15) is 0 Å². The number of aryl methyl sites for hydroxylation is 1. The minimum absolute atomic E-state index is 0.164. The third-order valence-electron chi connectivity index (χ3n) is 2.87. The van der Waals surface area contributed by atoms with E-state index in [9.17, 15) is 8.78 Å². The zero-order valence-electron chi connectivity index (χ0n) is 10.4. The summed E-state index contributed by atoms with van der Waals surface area (Å²) in [5, 5.41) is 3.19. The van der Waals surface area contributed by atoms with Crippen LogP contribution in [0.25, 0.3) is 10.2 Å². The minimum atomic E-state index is -0.631. The van der Waals surface area contributed by atoms with E-state index >= 15 is 0 Å². The molecule has 0 radical (unpaired) electrons. The molecule has 0 bridgehead atoms. The smallest absolute Gasteiger partial charge is 0.188 e. The Hall–Kier alpha value is -1.53. The number of nitrogens with one attached hydrogen (secondary N) is 1. The molecule has 3 rings (SSSR count). The number of anilines is 2. The fraction of sp³-hybridized carbons (Fsp3) is 0.0714. The number of fused-ring (bicyclic) bond motifs is 1. The quantitative estimate of drug-likeness (QED) is 0.667. The number of halogens is 3. The van der Waals surface area contributed by atoms with E-state index in [1.54, 1.807) is 6.92 Å².